The molecule has 3 aromatic rings. The van der Waals surface area contributed by atoms with Crippen LogP contribution in [0.2, 0.25) is 0 Å². The molecule has 28 heavy (non-hydrogen) atoms. The number of nitrogens with one attached hydrogen (secondary N) is 2. The highest BCUT2D eigenvalue weighted by atomic mass is 16.2. The SMILES string of the molecule is CC[NH+](CC)CCCNC(=O)C(C)n1c2ccccc2c2nc(=O)cc(C)n21. The molecule has 0 saturated heterocycles. The number of amides is 1. The number of para-hydroxylation sites is 1. The lowest BCUT2D eigenvalue weighted by Crippen LogP contribution is -3.11. The van der Waals surface area contributed by atoms with Crippen LogP contribution in [0.4, 0.5) is 0 Å². The highest BCUT2D eigenvalue weighted by Crippen LogP contribution is 2.24. The first kappa shape index (κ1) is 20.1. The summed E-state index contributed by atoms with van der Waals surface area (Å²) in [6.07, 6.45) is 0.954. The molecule has 2 N–H and O–H groups in total. The molecule has 0 aliphatic rings. The van der Waals surface area contributed by atoms with E-state index in [4.69, 9.17) is 0 Å². The number of aromatic nitrogens is 3. The average Bonchev–Trinajstić information content (AvgIpc) is 3.02. The van der Waals surface area contributed by atoms with Gasteiger partial charge >= 0.3 is 0 Å². The second kappa shape index (κ2) is 8.56. The Morgan fingerprint density at radius 1 is 1.25 bits per heavy atom. The van der Waals surface area contributed by atoms with E-state index < -0.39 is 6.04 Å². The molecule has 1 aromatic carbocycles. The van der Waals surface area contributed by atoms with Gasteiger partial charge in [-0.2, -0.15) is 4.98 Å². The van der Waals surface area contributed by atoms with Crippen LogP contribution >= 0.6 is 0 Å². The quantitative estimate of drug-likeness (QED) is 0.568. The molecule has 7 nitrogen and oxygen atoms in total. The number of benzene rings is 1. The minimum Gasteiger partial charge on any atom is -0.354 e. The van der Waals surface area contributed by atoms with Gasteiger partial charge in [0.15, 0.2) is 5.65 Å². The maximum atomic E-state index is 12.9. The first-order valence-electron chi connectivity index (χ1n) is 10.1. The number of nitrogens with zero attached hydrogens (tertiary/aromatic N) is 3. The maximum Gasteiger partial charge on any atom is 0.273 e. The van der Waals surface area contributed by atoms with Gasteiger partial charge in [0, 0.05) is 30.1 Å². The van der Waals surface area contributed by atoms with Crippen LogP contribution in [0, 0.1) is 6.92 Å². The summed E-state index contributed by atoms with van der Waals surface area (Å²) in [5.74, 6) is -0.0321. The fourth-order valence-electron chi connectivity index (χ4n) is 3.80. The lowest BCUT2D eigenvalue weighted by atomic mass is 10.2. The van der Waals surface area contributed by atoms with Gasteiger partial charge in [-0.1, -0.05) is 12.1 Å². The van der Waals surface area contributed by atoms with Crippen molar-refractivity contribution in [1.82, 2.24) is 19.5 Å². The molecule has 0 saturated carbocycles. The normalized spacial score (nSPS) is 12.8. The van der Waals surface area contributed by atoms with Crippen LogP contribution in [-0.2, 0) is 4.79 Å². The van der Waals surface area contributed by atoms with E-state index >= 15 is 0 Å². The molecule has 0 bridgehead atoms. The van der Waals surface area contributed by atoms with Crippen molar-refractivity contribution in [2.75, 3.05) is 26.2 Å². The lowest BCUT2D eigenvalue weighted by Gasteiger charge is -2.19. The zero-order chi connectivity index (χ0) is 20.3. The summed E-state index contributed by atoms with van der Waals surface area (Å²) in [5.41, 5.74) is 1.97. The Morgan fingerprint density at radius 3 is 2.68 bits per heavy atom. The molecule has 7 heteroatoms. The van der Waals surface area contributed by atoms with Gasteiger partial charge in [-0.25, -0.2) is 4.52 Å². The summed E-state index contributed by atoms with van der Waals surface area (Å²) >= 11 is 0. The molecule has 0 aliphatic carbocycles. The van der Waals surface area contributed by atoms with Crippen LogP contribution in [-0.4, -0.2) is 46.3 Å². The highest BCUT2D eigenvalue weighted by molar-refractivity contribution is 5.94. The van der Waals surface area contributed by atoms with Crippen LogP contribution in [0.3, 0.4) is 0 Å². The monoisotopic (exact) mass is 384 g/mol. The summed E-state index contributed by atoms with van der Waals surface area (Å²) in [6.45, 7) is 12.0. The third kappa shape index (κ3) is 3.80. The van der Waals surface area contributed by atoms with Crippen molar-refractivity contribution in [2.45, 2.75) is 40.2 Å². The zero-order valence-corrected chi connectivity index (χ0v) is 17.2. The zero-order valence-electron chi connectivity index (χ0n) is 17.2. The van der Waals surface area contributed by atoms with E-state index in [1.54, 1.807) is 0 Å². The number of carbonyl (C=O) groups excluding carboxylic acids is 1. The van der Waals surface area contributed by atoms with Gasteiger partial charge in [0.1, 0.15) is 6.04 Å². The smallest absolute Gasteiger partial charge is 0.273 e. The number of carbonyl (C=O) groups is 1. The van der Waals surface area contributed by atoms with E-state index in [0.29, 0.717) is 12.2 Å². The van der Waals surface area contributed by atoms with E-state index in [0.717, 1.165) is 42.7 Å². The molecule has 1 atom stereocenters. The summed E-state index contributed by atoms with van der Waals surface area (Å²) in [6, 6.07) is 8.82. The Labute approximate surface area is 164 Å². The molecule has 2 heterocycles. The van der Waals surface area contributed by atoms with E-state index in [2.05, 4.69) is 24.1 Å². The summed E-state index contributed by atoms with van der Waals surface area (Å²) < 4.78 is 3.80. The molecule has 1 unspecified atom stereocenters. The van der Waals surface area contributed by atoms with Gasteiger partial charge in [-0.15, -0.1) is 0 Å². The molecular formula is C21H30N5O2+. The largest absolute Gasteiger partial charge is 0.354 e. The summed E-state index contributed by atoms with van der Waals surface area (Å²) in [7, 11) is 0. The Hall–Kier alpha value is -2.67. The van der Waals surface area contributed by atoms with E-state index in [1.807, 2.05) is 47.3 Å². The van der Waals surface area contributed by atoms with Crippen LogP contribution < -0.4 is 15.8 Å². The minimum absolute atomic E-state index is 0.0321. The third-order valence-corrected chi connectivity index (χ3v) is 5.44. The number of hydrogen-bond donors (Lipinski definition) is 2. The van der Waals surface area contributed by atoms with Crippen molar-refractivity contribution in [3.63, 3.8) is 0 Å². The standard InChI is InChI=1S/C21H29N5O2/c1-5-24(6-2)13-9-12-22-21(28)16(4)26-18-11-8-7-10-17(18)20-23-19(27)14-15(3)25(20)26/h7-8,10-11,14,16H,5-6,9,12-13H2,1-4H3,(H,22,28)/p+1. The van der Waals surface area contributed by atoms with Crippen molar-refractivity contribution in [2.24, 2.45) is 0 Å². The van der Waals surface area contributed by atoms with Crippen LogP contribution in [0.1, 0.15) is 38.9 Å². The number of fused-ring (bicyclic) bond motifs is 3. The van der Waals surface area contributed by atoms with Crippen LogP contribution in [0.15, 0.2) is 35.1 Å². The first-order valence-corrected chi connectivity index (χ1v) is 10.1. The summed E-state index contributed by atoms with van der Waals surface area (Å²) in [4.78, 5) is 30.5. The van der Waals surface area contributed by atoms with E-state index in [1.165, 1.54) is 11.0 Å². The Kier molecular flexibility index (Phi) is 6.14. The fraction of sp³-hybridized carbons (Fsp3) is 0.476. The number of rotatable bonds is 8. The molecule has 0 fully saturated rings. The number of hydrogen-bond acceptors (Lipinski definition) is 3. The van der Waals surface area contributed by atoms with Crippen molar-refractivity contribution < 1.29 is 9.69 Å². The lowest BCUT2D eigenvalue weighted by molar-refractivity contribution is -0.896. The Balaban J connectivity index is 1.87. The first-order chi connectivity index (χ1) is 13.5. The topological polar surface area (TPSA) is 72.8 Å². The van der Waals surface area contributed by atoms with Gasteiger partial charge < -0.3 is 10.2 Å². The van der Waals surface area contributed by atoms with Crippen molar-refractivity contribution in [1.29, 1.82) is 0 Å². The molecule has 0 aliphatic heterocycles. The summed E-state index contributed by atoms with van der Waals surface area (Å²) in [5, 5.41) is 3.93. The molecule has 0 spiro atoms. The predicted molar refractivity (Wildman–Crippen MR) is 111 cm³/mol. The van der Waals surface area contributed by atoms with Crippen LogP contribution in [0.25, 0.3) is 16.6 Å². The molecule has 0 radical (unpaired) electrons. The third-order valence-electron chi connectivity index (χ3n) is 5.44. The Morgan fingerprint density at radius 2 is 1.96 bits per heavy atom. The predicted octanol–water partition coefficient (Wildman–Crippen LogP) is 0.950. The molecule has 150 valence electrons. The molecule has 2 aromatic heterocycles. The van der Waals surface area contributed by atoms with Crippen molar-refractivity contribution in [3.05, 3.63) is 46.4 Å². The van der Waals surface area contributed by atoms with Gasteiger partial charge in [0.25, 0.3) is 5.56 Å². The van der Waals surface area contributed by atoms with Crippen molar-refractivity contribution >= 4 is 22.5 Å². The number of quaternary nitrogens is 1. The number of aryl methyl sites for hydroxylation is 1. The minimum atomic E-state index is -0.425. The average molecular weight is 385 g/mol. The molecular weight excluding hydrogens is 354 g/mol. The molecule has 1 amide bonds. The fourth-order valence-corrected chi connectivity index (χ4v) is 3.80. The van der Waals surface area contributed by atoms with Crippen LogP contribution in [0.5, 0.6) is 0 Å². The van der Waals surface area contributed by atoms with E-state index in [9.17, 15) is 9.59 Å². The van der Waals surface area contributed by atoms with E-state index in [-0.39, 0.29) is 11.5 Å². The van der Waals surface area contributed by atoms with Gasteiger partial charge in [0.2, 0.25) is 5.91 Å². The van der Waals surface area contributed by atoms with Gasteiger partial charge in [-0.3, -0.25) is 14.3 Å². The maximum absolute atomic E-state index is 12.9. The van der Waals surface area contributed by atoms with Gasteiger partial charge in [0.05, 0.1) is 25.2 Å². The molecule has 3 rings (SSSR count). The van der Waals surface area contributed by atoms with Gasteiger partial charge in [-0.05, 0) is 39.8 Å². The van der Waals surface area contributed by atoms with Crippen molar-refractivity contribution in [3.8, 4) is 0 Å². The Bertz CT molecular complexity index is 1030. The second-order valence-electron chi connectivity index (χ2n) is 7.26. The highest BCUT2D eigenvalue weighted by Gasteiger charge is 2.22. The second-order valence-corrected chi connectivity index (χ2v) is 7.26.